The molecule has 1 aromatic heterocycles. The van der Waals surface area contributed by atoms with Crippen LogP contribution in [0.2, 0.25) is 0 Å². The fraction of sp³-hybridized carbons (Fsp3) is 0.370. The summed E-state index contributed by atoms with van der Waals surface area (Å²) in [5.41, 5.74) is 4.08. The van der Waals surface area contributed by atoms with E-state index in [1.807, 2.05) is 76.2 Å². The third-order valence-electron chi connectivity index (χ3n) is 6.09. The minimum Gasteiger partial charge on any atom is -0.376 e. The number of carbonyl (C=O) groups excluding carboxylic acids is 2. The van der Waals surface area contributed by atoms with E-state index in [1.165, 1.54) is 11.3 Å². The van der Waals surface area contributed by atoms with E-state index in [2.05, 4.69) is 10.3 Å². The molecule has 1 saturated heterocycles. The lowest BCUT2D eigenvalue weighted by Crippen LogP contribution is -2.46. The average Bonchev–Trinajstić information content (AvgIpc) is 3.46. The van der Waals surface area contributed by atoms with Crippen molar-refractivity contribution in [3.63, 3.8) is 0 Å². The van der Waals surface area contributed by atoms with E-state index >= 15 is 0 Å². The summed E-state index contributed by atoms with van der Waals surface area (Å²) in [5, 5.41) is 3.88. The Morgan fingerprint density at radius 3 is 2.56 bits per heavy atom. The van der Waals surface area contributed by atoms with Crippen LogP contribution in [-0.2, 0) is 9.53 Å². The molecule has 3 aromatic rings. The molecule has 7 heteroatoms. The Hall–Kier alpha value is -3.03. The van der Waals surface area contributed by atoms with Gasteiger partial charge in [-0.2, -0.15) is 0 Å². The molecule has 0 saturated carbocycles. The number of benzene rings is 2. The zero-order chi connectivity index (χ0) is 24.2. The molecular weight excluding hydrogens is 446 g/mol. The molecule has 4 rings (SSSR count). The van der Waals surface area contributed by atoms with Gasteiger partial charge in [0.1, 0.15) is 10.9 Å². The minimum atomic E-state index is -0.836. The smallest absolute Gasteiger partial charge is 0.271 e. The van der Waals surface area contributed by atoms with E-state index in [0.717, 1.165) is 46.8 Å². The minimum absolute atomic E-state index is 0.0108. The van der Waals surface area contributed by atoms with E-state index in [0.29, 0.717) is 17.1 Å². The average molecular weight is 478 g/mol. The number of hydrogen-bond donors (Lipinski definition) is 1. The molecule has 178 valence electrons. The van der Waals surface area contributed by atoms with Crippen molar-refractivity contribution < 1.29 is 14.3 Å². The lowest BCUT2D eigenvalue weighted by atomic mass is 10.0. The largest absolute Gasteiger partial charge is 0.376 e. The number of thiazole rings is 1. The summed E-state index contributed by atoms with van der Waals surface area (Å²) in [6, 6.07) is 14.6. The number of ether oxygens (including phenoxy) is 1. The molecule has 6 nitrogen and oxygen atoms in total. The van der Waals surface area contributed by atoms with Crippen molar-refractivity contribution in [1.82, 2.24) is 10.3 Å². The van der Waals surface area contributed by atoms with E-state index in [4.69, 9.17) is 4.74 Å². The summed E-state index contributed by atoms with van der Waals surface area (Å²) in [6.45, 7) is 8.83. The van der Waals surface area contributed by atoms with Crippen LogP contribution in [0.5, 0.6) is 0 Å². The monoisotopic (exact) mass is 477 g/mol. The van der Waals surface area contributed by atoms with Crippen LogP contribution in [0, 0.1) is 27.7 Å². The number of hydrogen-bond acceptors (Lipinski definition) is 5. The summed E-state index contributed by atoms with van der Waals surface area (Å²) in [7, 11) is 0. The van der Waals surface area contributed by atoms with Crippen molar-refractivity contribution >= 4 is 28.8 Å². The molecule has 0 unspecified atom stereocenters. The summed E-state index contributed by atoms with van der Waals surface area (Å²) < 4.78 is 5.70. The van der Waals surface area contributed by atoms with Gasteiger partial charge in [0.2, 0.25) is 5.91 Å². The highest BCUT2D eigenvalue weighted by Crippen LogP contribution is 2.34. The van der Waals surface area contributed by atoms with Crippen LogP contribution in [0.1, 0.15) is 55.9 Å². The molecule has 1 aliphatic rings. The maximum Gasteiger partial charge on any atom is 0.271 e. The quantitative estimate of drug-likeness (QED) is 0.516. The normalized spacial score (nSPS) is 16.3. The SMILES string of the molecule is Cc1ccc(C)c(N(C(=O)c2sc(C)nc2C)[C@@H](C(=O)NC[C@H]2CCCO2)c2ccccc2)c1. The summed E-state index contributed by atoms with van der Waals surface area (Å²) in [6.07, 6.45) is 1.94. The van der Waals surface area contributed by atoms with Gasteiger partial charge in [0.25, 0.3) is 5.91 Å². The van der Waals surface area contributed by atoms with E-state index < -0.39 is 6.04 Å². The van der Waals surface area contributed by atoms with Crippen LogP contribution >= 0.6 is 11.3 Å². The summed E-state index contributed by atoms with van der Waals surface area (Å²) in [4.78, 5) is 34.5. The van der Waals surface area contributed by atoms with Crippen LogP contribution in [0.3, 0.4) is 0 Å². The van der Waals surface area contributed by atoms with Gasteiger partial charge in [0.05, 0.1) is 16.8 Å². The highest BCUT2D eigenvalue weighted by Gasteiger charge is 2.36. The van der Waals surface area contributed by atoms with Gasteiger partial charge < -0.3 is 10.1 Å². The van der Waals surface area contributed by atoms with Gasteiger partial charge in [-0.25, -0.2) is 4.98 Å². The molecule has 0 bridgehead atoms. The Morgan fingerprint density at radius 2 is 1.91 bits per heavy atom. The highest BCUT2D eigenvalue weighted by molar-refractivity contribution is 7.13. The number of aromatic nitrogens is 1. The zero-order valence-corrected chi connectivity index (χ0v) is 20.9. The molecular formula is C27H31N3O3S. The Bertz CT molecular complexity index is 1170. The van der Waals surface area contributed by atoms with Crippen molar-refractivity contribution in [2.75, 3.05) is 18.1 Å². The van der Waals surface area contributed by atoms with Gasteiger partial charge in [0.15, 0.2) is 0 Å². The first-order chi connectivity index (χ1) is 16.3. The lowest BCUT2D eigenvalue weighted by molar-refractivity contribution is -0.123. The van der Waals surface area contributed by atoms with Crippen LogP contribution in [0.25, 0.3) is 0 Å². The van der Waals surface area contributed by atoms with E-state index in [1.54, 1.807) is 4.90 Å². The molecule has 0 radical (unpaired) electrons. The second-order valence-corrected chi connectivity index (χ2v) is 10.0. The lowest BCUT2D eigenvalue weighted by Gasteiger charge is -2.33. The van der Waals surface area contributed by atoms with Gasteiger partial charge >= 0.3 is 0 Å². The molecule has 0 aliphatic carbocycles. The van der Waals surface area contributed by atoms with E-state index in [9.17, 15) is 9.59 Å². The topological polar surface area (TPSA) is 71.5 Å². The van der Waals surface area contributed by atoms with Crippen LogP contribution in [0.4, 0.5) is 5.69 Å². The Labute approximate surface area is 205 Å². The Morgan fingerprint density at radius 1 is 1.15 bits per heavy atom. The standard InChI is InChI=1S/C27H31N3O3S/c1-17-12-13-18(2)23(15-17)30(27(32)25-19(3)29-20(4)34-25)24(21-9-6-5-7-10-21)26(31)28-16-22-11-8-14-33-22/h5-7,9-10,12-13,15,22,24H,8,11,14,16H2,1-4H3,(H,28,31)/t22-,24-/m1/s1. The third kappa shape index (κ3) is 5.21. The van der Waals surface area contributed by atoms with Crippen LogP contribution in [-0.4, -0.2) is 36.1 Å². The van der Waals surface area contributed by atoms with Crippen molar-refractivity contribution in [2.45, 2.75) is 52.7 Å². The molecule has 0 spiro atoms. The number of aryl methyl sites for hydroxylation is 4. The summed E-state index contributed by atoms with van der Waals surface area (Å²) in [5.74, 6) is -0.451. The van der Waals surface area contributed by atoms with Crippen molar-refractivity contribution in [1.29, 1.82) is 0 Å². The number of nitrogens with zero attached hydrogens (tertiary/aromatic N) is 2. The third-order valence-corrected chi connectivity index (χ3v) is 7.15. The van der Waals surface area contributed by atoms with Gasteiger partial charge in [-0.1, -0.05) is 42.5 Å². The van der Waals surface area contributed by atoms with E-state index in [-0.39, 0.29) is 17.9 Å². The number of nitrogens with one attached hydrogen (secondary N) is 1. The summed E-state index contributed by atoms with van der Waals surface area (Å²) >= 11 is 1.36. The fourth-order valence-electron chi connectivity index (χ4n) is 4.35. The molecule has 1 N–H and O–H groups in total. The molecule has 2 atom stereocenters. The zero-order valence-electron chi connectivity index (χ0n) is 20.1. The molecule has 34 heavy (non-hydrogen) atoms. The van der Waals surface area contributed by atoms with Crippen molar-refractivity contribution in [3.05, 3.63) is 80.8 Å². The first-order valence-electron chi connectivity index (χ1n) is 11.6. The van der Waals surface area contributed by atoms with Crippen LogP contribution in [0.15, 0.2) is 48.5 Å². The molecule has 1 aliphatic heterocycles. The van der Waals surface area contributed by atoms with Crippen molar-refractivity contribution in [3.8, 4) is 0 Å². The number of carbonyl (C=O) groups is 2. The first kappa shape index (κ1) is 24.1. The molecule has 2 heterocycles. The molecule has 2 aromatic carbocycles. The van der Waals surface area contributed by atoms with Crippen LogP contribution < -0.4 is 10.2 Å². The molecule has 1 fully saturated rings. The predicted octanol–water partition coefficient (Wildman–Crippen LogP) is 5.06. The van der Waals surface area contributed by atoms with Gasteiger partial charge in [0, 0.05) is 18.8 Å². The Balaban J connectivity index is 1.81. The van der Waals surface area contributed by atoms with Gasteiger partial charge in [-0.05, 0) is 63.3 Å². The number of amides is 2. The predicted molar refractivity (Wildman–Crippen MR) is 135 cm³/mol. The second kappa shape index (κ2) is 10.5. The first-order valence-corrected chi connectivity index (χ1v) is 12.5. The maximum atomic E-state index is 14.1. The second-order valence-electron chi connectivity index (χ2n) is 8.81. The van der Waals surface area contributed by atoms with Gasteiger partial charge in [-0.3, -0.25) is 14.5 Å². The fourth-order valence-corrected chi connectivity index (χ4v) is 5.21. The number of anilines is 1. The van der Waals surface area contributed by atoms with Crippen molar-refractivity contribution in [2.24, 2.45) is 0 Å². The van der Waals surface area contributed by atoms with Gasteiger partial charge in [-0.15, -0.1) is 11.3 Å². The maximum absolute atomic E-state index is 14.1. The number of rotatable bonds is 7. The molecule has 2 amide bonds. The Kier molecular flexibility index (Phi) is 7.44. The highest BCUT2D eigenvalue weighted by atomic mass is 32.1.